The Morgan fingerprint density at radius 3 is 1.96 bits per heavy atom. The Bertz CT molecular complexity index is 801. The van der Waals surface area contributed by atoms with E-state index in [2.05, 4.69) is 10.6 Å². The minimum Gasteiger partial charge on any atom is -0.349 e. The summed E-state index contributed by atoms with van der Waals surface area (Å²) < 4.78 is 36.9. The first kappa shape index (κ1) is 18.3. The first-order chi connectivity index (χ1) is 12.3. The maximum absolute atomic E-state index is 12.3. The lowest BCUT2D eigenvalue weighted by molar-refractivity contribution is -0.0328. The molecule has 2 N–H and O–H groups in total. The van der Waals surface area contributed by atoms with Crippen LogP contribution in [-0.4, -0.2) is 23.4 Å². The zero-order valence-corrected chi connectivity index (χ0v) is 14.3. The van der Waals surface area contributed by atoms with E-state index in [9.17, 15) is 22.8 Å². The van der Waals surface area contributed by atoms with Gasteiger partial charge in [0, 0.05) is 27.8 Å². The third kappa shape index (κ3) is 5.26. The van der Waals surface area contributed by atoms with E-state index in [1.807, 2.05) is 0 Å². The molecule has 0 bridgehead atoms. The van der Waals surface area contributed by atoms with Gasteiger partial charge in [-0.2, -0.15) is 13.2 Å². The van der Waals surface area contributed by atoms with Gasteiger partial charge >= 0.3 is 5.51 Å². The van der Waals surface area contributed by atoms with Crippen molar-refractivity contribution in [2.75, 3.05) is 5.32 Å². The Morgan fingerprint density at radius 1 is 0.885 bits per heavy atom. The van der Waals surface area contributed by atoms with Crippen LogP contribution in [0.4, 0.5) is 18.9 Å². The average Bonchev–Trinajstić information content (AvgIpc) is 3.38. The number of hydrogen-bond donors (Lipinski definition) is 2. The number of carbonyl (C=O) groups excluding carboxylic acids is 2. The topological polar surface area (TPSA) is 58.2 Å². The van der Waals surface area contributed by atoms with E-state index in [4.69, 9.17) is 0 Å². The summed E-state index contributed by atoms with van der Waals surface area (Å²) in [6, 6.07) is 11.9. The van der Waals surface area contributed by atoms with E-state index in [1.165, 1.54) is 24.3 Å². The fourth-order valence-electron chi connectivity index (χ4n) is 2.21. The van der Waals surface area contributed by atoms with E-state index >= 15 is 0 Å². The summed E-state index contributed by atoms with van der Waals surface area (Å²) in [5.74, 6) is -0.591. The number of nitrogens with one attached hydrogen (secondary N) is 2. The molecule has 1 fully saturated rings. The summed E-state index contributed by atoms with van der Waals surface area (Å²) in [6.45, 7) is 0. The smallest absolute Gasteiger partial charge is 0.349 e. The molecule has 1 aliphatic carbocycles. The van der Waals surface area contributed by atoms with Crippen LogP contribution in [0.3, 0.4) is 0 Å². The highest BCUT2D eigenvalue weighted by atomic mass is 32.2. The van der Waals surface area contributed by atoms with Crippen LogP contribution in [0.1, 0.15) is 33.6 Å². The van der Waals surface area contributed by atoms with Crippen molar-refractivity contribution < 1.29 is 22.8 Å². The molecule has 0 aliphatic heterocycles. The Balaban J connectivity index is 1.59. The number of anilines is 1. The summed E-state index contributed by atoms with van der Waals surface area (Å²) in [6.07, 6.45) is 2.00. The van der Waals surface area contributed by atoms with Crippen molar-refractivity contribution in [2.45, 2.75) is 29.3 Å². The summed E-state index contributed by atoms with van der Waals surface area (Å²) in [4.78, 5) is 24.1. The zero-order valence-electron chi connectivity index (χ0n) is 13.5. The molecular weight excluding hydrogens is 365 g/mol. The molecule has 0 unspecified atom stereocenters. The summed E-state index contributed by atoms with van der Waals surface area (Å²) in [7, 11) is 0. The highest BCUT2D eigenvalue weighted by Gasteiger charge is 2.29. The monoisotopic (exact) mass is 380 g/mol. The molecule has 1 saturated carbocycles. The first-order valence-electron chi connectivity index (χ1n) is 7.88. The van der Waals surface area contributed by atoms with Crippen molar-refractivity contribution in [3.05, 3.63) is 59.7 Å². The maximum Gasteiger partial charge on any atom is 0.446 e. The second-order valence-electron chi connectivity index (χ2n) is 5.85. The van der Waals surface area contributed by atoms with Crippen LogP contribution in [0.5, 0.6) is 0 Å². The second kappa shape index (κ2) is 7.41. The van der Waals surface area contributed by atoms with Gasteiger partial charge in [-0.15, -0.1) is 0 Å². The molecular formula is C18H15F3N2O2S. The van der Waals surface area contributed by atoms with E-state index < -0.39 is 11.4 Å². The Labute approximate surface area is 152 Å². The predicted molar refractivity (Wildman–Crippen MR) is 93.2 cm³/mol. The molecule has 2 aromatic carbocycles. The third-order valence-corrected chi connectivity index (χ3v) is 4.41. The lowest BCUT2D eigenvalue weighted by Crippen LogP contribution is -2.25. The van der Waals surface area contributed by atoms with Crippen LogP contribution >= 0.6 is 11.8 Å². The molecule has 0 aromatic heterocycles. The van der Waals surface area contributed by atoms with E-state index in [-0.39, 0.29) is 34.2 Å². The number of halogens is 3. The standard InChI is InChI=1S/C18H15F3N2O2S/c19-18(20,21)26-15-9-3-12(4-10-15)17(25)22-13-5-1-11(2-6-13)16(24)23-14-7-8-14/h1-6,9-10,14H,7-8H2,(H,22,25)(H,23,24). The van der Waals surface area contributed by atoms with Crippen molar-refractivity contribution >= 4 is 29.3 Å². The van der Waals surface area contributed by atoms with Gasteiger partial charge in [-0.3, -0.25) is 9.59 Å². The lowest BCUT2D eigenvalue weighted by Gasteiger charge is -2.08. The van der Waals surface area contributed by atoms with Crippen LogP contribution < -0.4 is 10.6 Å². The average molecular weight is 380 g/mol. The van der Waals surface area contributed by atoms with Crippen molar-refractivity contribution in [2.24, 2.45) is 0 Å². The number of hydrogen-bond acceptors (Lipinski definition) is 3. The summed E-state index contributed by atoms with van der Waals surface area (Å²) in [5.41, 5.74) is -3.13. The van der Waals surface area contributed by atoms with E-state index in [1.54, 1.807) is 24.3 Å². The molecule has 136 valence electrons. The Morgan fingerprint density at radius 2 is 1.42 bits per heavy atom. The van der Waals surface area contributed by atoms with Gasteiger partial charge in [0.1, 0.15) is 0 Å². The van der Waals surface area contributed by atoms with Gasteiger partial charge in [-0.05, 0) is 73.1 Å². The first-order valence-corrected chi connectivity index (χ1v) is 8.70. The van der Waals surface area contributed by atoms with Gasteiger partial charge in [0.05, 0.1) is 0 Å². The quantitative estimate of drug-likeness (QED) is 0.754. The molecule has 0 radical (unpaired) electrons. The number of rotatable bonds is 5. The predicted octanol–water partition coefficient (Wildman–Crippen LogP) is 4.44. The van der Waals surface area contributed by atoms with E-state index in [0.29, 0.717) is 11.3 Å². The molecule has 0 atom stereocenters. The molecule has 2 amide bonds. The fraction of sp³-hybridized carbons (Fsp3) is 0.222. The minimum absolute atomic E-state index is 0.0140. The Hall–Kier alpha value is -2.48. The molecule has 2 aromatic rings. The fourth-order valence-corrected chi connectivity index (χ4v) is 2.75. The summed E-state index contributed by atoms with van der Waals surface area (Å²) >= 11 is -0.232. The van der Waals surface area contributed by atoms with Gasteiger partial charge < -0.3 is 10.6 Å². The molecule has 8 heteroatoms. The molecule has 4 nitrogen and oxygen atoms in total. The van der Waals surface area contributed by atoms with Crippen molar-refractivity contribution in [1.82, 2.24) is 5.32 Å². The second-order valence-corrected chi connectivity index (χ2v) is 6.99. The number of carbonyl (C=O) groups is 2. The summed E-state index contributed by atoms with van der Waals surface area (Å²) in [5, 5.41) is 5.51. The molecule has 3 rings (SSSR count). The van der Waals surface area contributed by atoms with Crippen LogP contribution in [0.25, 0.3) is 0 Å². The Kier molecular flexibility index (Phi) is 5.22. The molecule has 0 heterocycles. The number of alkyl halides is 3. The van der Waals surface area contributed by atoms with Crippen molar-refractivity contribution in [3.63, 3.8) is 0 Å². The molecule has 0 saturated heterocycles. The van der Waals surface area contributed by atoms with Crippen molar-refractivity contribution in [1.29, 1.82) is 0 Å². The number of thioether (sulfide) groups is 1. The van der Waals surface area contributed by atoms with Crippen LogP contribution in [0.2, 0.25) is 0 Å². The van der Waals surface area contributed by atoms with Crippen molar-refractivity contribution in [3.8, 4) is 0 Å². The number of benzene rings is 2. The largest absolute Gasteiger partial charge is 0.446 e. The molecule has 1 aliphatic rings. The highest BCUT2D eigenvalue weighted by Crippen LogP contribution is 2.36. The van der Waals surface area contributed by atoms with E-state index in [0.717, 1.165) is 12.8 Å². The maximum atomic E-state index is 12.3. The van der Waals surface area contributed by atoms with Gasteiger partial charge in [0.25, 0.3) is 11.8 Å². The van der Waals surface area contributed by atoms with Gasteiger partial charge in [-0.25, -0.2) is 0 Å². The van der Waals surface area contributed by atoms with Crippen LogP contribution in [0.15, 0.2) is 53.4 Å². The highest BCUT2D eigenvalue weighted by molar-refractivity contribution is 8.00. The minimum atomic E-state index is -4.36. The van der Waals surface area contributed by atoms with Crippen LogP contribution in [-0.2, 0) is 0 Å². The SMILES string of the molecule is O=C(Nc1ccc(C(=O)NC2CC2)cc1)c1ccc(SC(F)(F)F)cc1. The normalized spacial score (nSPS) is 14.0. The van der Waals surface area contributed by atoms with Gasteiger partial charge in [0.2, 0.25) is 0 Å². The molecule has 0 spiro atoms. The molecule has 26 heavy (non-hydrogen) atoms. The van der Waals surface area contributed by atoms with Crippen LogP contribution in [0, 0.1) is 0 Å². The number of amides is 2. The third-order valence-electron chi connectivity index (χ3n) is 3.67. The van der Waals surface area contributed by atoms with Gasteiger partial charge in [-0.1, -0.05) is 0 Å². The zero-order chi connectivity index (χ0) is 18.7. The lowest BCUT2D eigenvalue weighted by atomic mass is 10.1. The van der Waals surface area contributed by atoms with Gasteiger partial charge in [0.15, 0.2) is 0 Å².